The molecule has 7 nitrogen and oxygen atoms in total. The summed E-state index contributed by atoms with van der Waals surface area (Å²) in [5.74, 6) is -0.591. The zero-order valence-electron chi connectivity index (χ0n) is 16.8. The molecule has 7 heteroatoms. The van der Waals surface area contributed by atoms with E-state index in [-0.39, 0.29) is 18.3 Å². The van der Waals surface area contributed by atoms with Gasteiger partial charge >= 0.3 is 5.69 Å². The van der Waals surface area contributed by atoms with Crippen molar-refractivity contribution in [3.8, 4) is 5.69 Å². The van der Waals surface area contributed by atoms with E-state index >= 15 is 0 Å². The third-order valence-electron chi connectivity index (χ3n) is 4.73. The van der Waals surface area contributed by atoms with Crippen molar-refractivity contribution in [1.82, 2.24) is 19.7 Å². The molecule has 1 aromatic heterocycles. The molecular weight excluding hydrogens is 368 g/mol. The van der Waals surface area contributed by atoms with Crippen LogP contribution in [0.25, 0.3) is 5.69 Å². The number of nitrogens with one attached hydrogen (secondary N) is 1. The molecule has 0 radical (unpaired) electrons. The molecule has 0 saturated heterocycles. The van der Waals surface area contributed by atoms with Gasteiger partial charge in [0.1, 0.15) is 0 Å². The molecule has 0 aliphatic heterocycles. The van der Waals surface area contributed by atoms with Gasteiger partial charge in [-0.25, -0.2) is 4.79 Å². The first-order chi connectivity index (χ1) is 13.9. The highest BCUT2D eigenvalue weighted by Gasteiger charge is 2.21. The van der Waals surface area contributed by atoms with Crippen molar-refractivity contribution >= 4 is 5.91 Å². The standard InChI is InChI=1S/C22H24N4O3/c1-4-16(3)23-20(27)19-21(28)25(14-17-12-10-15(2)11-13-17)22(29)26(24-19)18-8-6-5-7-9-18/h5-13,16H,4,14H2,1-3H3,(H,23,27)/t16-/m0/s1. The Kier molecular flexibility index (Phi) is 6.07. The largest absolute Gasteiger partial charge is 0.352 e. The third-order valence-corrected chi connectivity index (χ3v) is 4.73. The Labute approximate surface area is 168 Å². The molecule has 1 atom stereocenters. The lowest BCUT2D eigenvalue weighted by atomic mass is 10.1. The van der Waals surface area contributed by atoms with Crippen molar-refractivity contribution in [2.45, 2.75) is 39.8 Å². The quantitative estimate of drug-likeness (QED) is 0.697. The first-order valence-corrected chi connectivity index (χ1v) is 9.56. The van der Waals surface area contributed by atoms with Gasteiger partial charge in [-0.15, -0.1) is 0 Å². The number of carbonyl (C=O) groups excluding carboxylic acids is 1. The Morgan fingerprint density at radius 1 is 1.07 bits per heavy atom. The fourth-order valence-corrected chi connectivity index (χ4v) is 2.80. The Morgan fingerprint density at radius 2 is 1.72 bits per heavy atom. The minimum atomic E-state index is -0.705. The summed E-state index contributed by atoms with van der Waals surface area (Å²) >= 11 is 0. The smallest absolute Gasteiger partial charge is 0.348 e. The number of amides is 1. The Bertz CT molecular complexity index is 1120. The lowest BCUT2D eigenvalue weighted by Gasteiger charge is -2.14. The number of benzene rings is 2. The van der Waals surface area contributed by atoms with Crippen LogP contribution in [0.15, 0.2) is 64.2 Å². The van der Waals surface area contributed by atoms with Gasteiger partial charge in [0.15, 0.2) is 0 Å². The summed E-state index contributed by atoms with van der Waals surface area (Å²) in [6.45, 7) is 5.79. The molecule has 29 heavy (non-hydrogen) atoms. The first kappa shape index (κ1) is 20.3. The Balaban J connectivity index is 2.16. The van der Waals surface area contributed by atoms with Crippen LogP contribution < -0.4 is 16.6 Å². The number of aryl methyl sites for hydroxylation is 1. The van der Waals surface area contributed by atoms with Crippen LogP contribution in [-0.2, 0) is 6.54 Å². The van der Waals surface area contributed by atoms with Gasteiger partial charge in [0, 0.05) is 6.04 Å². The minimum absolute atomic E-state index is 0.0525. The lowest BCUT2D eigenvalue weighted by Crippen LogP contribution is -2.47. The van der Waals surface area contributed by atoms with E-state index in [0.29, 0.717) is 12.1 Å². The molecule has 3 rings (SSSR count). The molecule has 1 heterocycles. The van der Waals surface area contributed by atoms with Gasteiger partial charge in [0.05, 0.1) is 12.2 Å². The van der Waals surface area contributed by atoms with Gasteiger partial charge in [0.2, 0.25) is 5.69 Å². The summed E-state index contributed by atoms with van der Waals surface area (Å²) in [4.78, 5) is 38.7. The maximum atomic E-state index is 13.0. The van der Waals surface area contributed by atoms with Crippen molar-refractivity contribution in [2.75, 3.05) is 0 Å². The van der Waals surface area contributed by atoms with Crippen LogP contribution >= 0.6 is 0 Å². The Hall–Kier alpha value is -3.48. The van der Waals surface area contributed by atoms with Crippen LogP contribution in [0.1, 0.15) is 41.9 Å². The number of nitrogens with zero attached hydrogens (tertiary/aromatic N) is 3. The average molecular weight is 392 g/mol. The zero-order valence-corrected chi connectivity index (χ0v) is 16.8. The molecule has 0 fully saturated rings. The highest BCUT2D eigenvalue weighted by molar-refractivity contribution is 5.91. The van der Waals surface area contributed by atoms with Crippen LogP contribution in [0, 0.1) is 6.92 Å². The minimum Gasteiger partial charge on any atom is -0.348 e. The fourth-order valence-electron chi connectivity index (χ4n) is 2.80. The number of aromatic nitrogens is 3. The van der Waals surface area contributed by atoms with E-state index in [0.717, 1.165) is 20.4 Å². The molecule has 1 N–H and O–H groups in total. The number of rotatable bonds is 6. The van der Waals surface area contributed by atoms with Crippen LogP contribution in [0.2, 0.25) is 0 Å². The second-order valence-electron chi connectivity index (χ2n) is 7.04. The second kappa shape index (κ2) is 8.68. The summed E-state index contributed by atoms with van der Waals surface area (Å²) in [6, 6.07) is 16.1. The molecule has 1 amide bonds. The summed E-state index contributed by atoms with van der Waals surface area (Å²) in [6.07, 6.45) is 0.710. The molecule has 0 saturated carbocycles. The van der Waals surface area contributed by atoms with E-state index < -0.39 is 17.2 Å². The van der Waals surface area contributed by atoms with E-state index in [9.17, 15) is 14.4 Å². The molecule has 0 bridgehead atoms. The Morgan fingerprint density at radius 3 is 2.34 bits per heavy atom. The number of carbonyl (C=O) groups is 1. The molecule has 2 aromatic carbocycles. The molecule has 0 aliphatic carbocycles. The van der Waals surface area contributed by atoms with Crippen LogP contribution in [0.4, 0.5) is 0 Å². The predicted molar refractivity (Wildman–Crippen MR) is 112 cm³/mol. The molecule has 0 unspecified atom stereocenters. The van der Waals surface area contributed by atoms with Crippen molar-refractivity contribution in [2.24, 2.45) is 0 Å². The van der Waals surface area contributed by atoms with Crippen molar-refractivity contribution < 1.29 is 4.79 Å². The van der Waals surface area contributed by atoms with E-state index in [4.69, 9.17) is 0 Å². The number of para-hydroxylation sites is 1. The second-order valence-corrected chi connectivity index (χ2v) is 7.04. The lowest BCUT2D eigenvalue weighted by molar-refractivity contribution is 0.0929. The van der Waals surface area contributed by atoms with E-state index in [1.165, 1.54) is 0 Å². The van der Waals surface area contributed by atoms with E-state index in [1.807, 2.05) is 51.1 Å². The summed E-state index contributed by atoms with van der Waals surface area (Å²) in [5.41, 5.74) is 0.735. The predicted octanol–water partition coefficient (Wildman–Crippen LogP) is 2.28. The fraction of sp³-hybridized carbons (Fsp3) is 0.273. The van der Waals surface area contributed by atoms with Crippen molar-refractivity contribution in [1.29, 1.82) is 0 Å². The van der Waals surface area contributed by atoms with Crippen LogP contribution in [-0.4, -0.2) is 26.3 Å². The van der Waals surface area contributed by atoms with E-state index in [1.54, 1.807) is 24.3 Å². The normalized spacial score (nSPS) is 11.8. The first-order valence-electron chi connectivity index (χ1n) is 9.56. The summed E-state index contributed by atoms with van der Waals surface area (Å²) < 4.78 is 2.15. The zero-order chi connectivity index (χ0) is 21.0. The topological polar surface area (TPSA) is 86.0 Å². The highest BCUT2D eigenvalue weighted by Crippen LogP contribution is 2.05. The van der Waals surface area contributed by atoms with Gasteiger partial charge in [-0.1, -0.05) is 55.0 Å². The summed E-state index contributed by atoms with van der Waals surface area (Å²) in [5, 5.41) is 6.86. The van der Waals surface area contributed by atoms with Crippen molar-refractivity contribution in [3.63, 3.8) is 0 Å². The number of hydrogen-bond donors (Lipinski definition) is 1. The maximum Gasteiger partial charge on any atom is 0.352 e. The average Bonchev–Trinajstić information content (AvgIpc) is 2.73. The van der Waals surface area contributed by atoms with Crippen molar-refractivity contribution in [3.05, 3.63) is 92.3 Å². The third kappa shape index (κ3) is 4.51. The molecule has 0 aliphatic rings. The van der Waals surface area contributed by atoms with Gasteiger partial charge < -0.3 is 5.32 Å². The monoisotopic (exact) mass is 392 g/mol. The maximum absolute atomic E-state index is 13.0. The number of hydrogen-bond acceptors (Lipinski definition) is 4. The van der Waals surface area contributed by atoms with Crippen LogP contribution in [0.5, 0.6) is 0 Å². The SMILES string of the molecule is CC[C@H](C)NC(=O)c1nn(-c2ccccc2)c(=O)n(Cc2ccc(C)cc2)c1=O. The van der Waals surface area contributed by atoms with E-state index in [2.05, 4.69) is 10.4 Å². The highest BCUT2D eigenvalue weighted by atomic mass is 16.2. The van der Waals surface area contributed by atoms with Crippen LogP contribution in [0.3, 0.4) is 0 Å². The molecule has 150 valence electrons. The molecule has 3 aromatic rings. The van der Waals surface area contributed by atoms with Gasteiger partial charge in [-0.3, -0.25) is 14.2 Å². The summed E-state index contributed by atoms with van der Waals surface area (Å²) in [7, 11) is 0. The molecular formula is C22H24N4O3. The van der Waals surface area contributed by atoms with Gasteiger partial charge in [0.25, 0.3) is 11.5 Å². The van der Waals surface area contributed by atoms with Gasteiger partial charge in [-0.2, -0.15) is 9.78 Å². The molecule has 0 spiro atoms. The van der Waals surface area contributed by atoms with Gasteiger partial charge in [-0.05, 0) is 38.0 Å².